The molecule has 3 aromatic carbocycles. The second-order valence-electron chi connectivity index (χ2n) is 14.2. The predicted octanol–water partition coefficient (Wildman–Crippen LogP) is 11.1. The SMILES string of the molecule is CC(C)c1cc(-c2[c-]cccc2)ncc1[Si](C)(C)C.Cc1cccc2c1oc1c(-c3cc(CC4CCCCC4)ccn3)[c-]ccc12.[Ir]. The Hall–Kier alpha value is -3.37. The topological polar surface area (TPSA) is 38.9 Å². The molecular weight excluding hydrogens is 769 g/mol. The monoisotopic (exact) mass is 815 g/mol. The summed E-state index contributed by atoms with van der Waals surface area (Å²) in [5, 5.41) is 3.78. The number of furan rings is 1. The van der Waals surface area contributed by atoms with E-state index in [2.05, 4.69) is 117 Å². The Kier molecular flexibility index (Phi) is 11.3. The van der Waals surface area contributed by atoms with Crippen LogP contribution in [0.4, 0.5) is 0 Å². The van der Waals surface area contributed by atoms with Crippen LogP contribution in [0.3, 0.4) is 0 Å². The van der Waals surface area contributed by atoms with E-state index in [0.717, 1.165) is 57.0 Å². The molecule has 6 aromatic rings. The zero-order valence-electron chi connectivity index (χ0n) is 28.6. The fraction of sp³-hybridized carbons (Fsp3) is 0.333. The van der Waals surface area contributed by atoms with Crippen LogP contribution >= 0.6 is 0 Å². The van der Waals surface area contributed by atoms with Gasteiger partial charge in [0.25, 0.3) is 0 Å². The number of rotatable bonds is 6. The molecule has 0 N–H and O–H groups in total. The van der Waals surface area contributed by atoms with Crippen molar-refractivity contribution in [1.29, 1.82) is 0 Å². The smallest absolute Gasteiger partial charge is 0.123 e. The van der Waals surface area contributed by atoms with Gasteiger partial charge in [0.2, 0.25) is 0 Å². The molecule has 0 saturated heterocycles. The Bertz CT molecular complexity index is 1930. The molecule has 1 radical (unpaired) electrons. The van der Waals surface area contributed by atoms with Crippen molar-refractivity contribution in [2.45, 2.75) is 84.9 Å². The van der Waals surface area contributed by atoms with Gasteiger partial charge < -0.3 is 14.4 Å². The summed E-state index contributed by atoms with van der Waals surface area (Å²) >= 11 is 0. The van der Waals surface area contributed by atoms with E-state index in [1.165, 1.54) is 53.8 Å². The van der Waals surface area contributed by atoms with Crippen molar-refractivity contribution in [2.75, 3.05) is 0 Å². The average Bonchev–Trinajstić information content (AvgIpc) is 3.46. The van der Waals surface area contributed by atoms with Crippen molar-refractivity contribution in [3.05, 3.63) is 114 Å². The van der Waals surface area contributed by atoms with E-state index >= 15 is 0 Å². The molecule has 47 heavy (non-hydrogen) atoms. The van der Waals surface area contributed by atoms with Gasteiger partial charge in [-0.05, 0) is 53.4 Å². The van der Waals surface area contributed by atoms with Crippen LogP contribution in [0.15, 0.2) is 89.6 Å². The van der Waals surface area contributed by atoms with Crippen LogP contribution < -0.4 is 5.19 Å². The first-order valence-corrected chi connectivity index (χ1v) is 20.4. The summed E-state index contributed by atoms with van der Waals surface area (Å²) in [6.45, 7) is 13.8. The molecule has 1 aliphatic carbocycles. The van der Waals surface area contributed by atoms with Gasteiger partial charge in [-0.1, -0.05) is 118 Å². The largest absolute Gasteiger partial charge is 0.500 e. The minimum absolute atomic E-state index is 0. The first-order chi connectivity index (χ1) is 22.2. The molecule has 0 spiro atoms. The Morgan fingerprint density at radius 1 is 0.830 bits per heavy atom. The Morgan fingerprint density at radius 3 is 2.34 bits per heavy atom. The van der Waals surface area contributed by atoms with Gasteiger partial charge in [-0.3, -0.25) is 0 Å². The third kappa shape index (κ3) is 8.03. The van der Waals surface area contributed by atoms with Crippen molar-refractivity contribution >= 4 is 35.2 Å². The summed E-state index contributed by atoms with van der Waals surface area (Å²) in [5.74, 6) is 1.36. The van der Waals surface area contributed by atoms with Gasteiger partial charge in [0, 0.05) is 37.9 Å². The maximum absolute atomic E-state index is 6.29. The Morgan fingerprint density at radius 2 is 1.62 bits per heavy atom. The Labute approximate surface area is 295 Å². The van der Waals surface area contributed by atoms with Crippen molar-refractivity contribution < 1.29 is 24.5 Å². The average molecular weight is 815 g/mol. The van der Waals surface area contributed by atoms with E-state index in [1.54, 1.807) is 0 Å². The molecule has 1 saturated carbocycles. The van der Waals surface area contributed by atoms with E-state index in [-0.39, 0.29) is 20.1 Å². The van der Waals surface area contributed by atoms with E-state index in [4.69, 9.17) is 4.42 Å². The fourth-order valence-corrected chi connectivity index (χ4v) is 8.51. The molecule has 245 valence electrons. The minimum Gasteiger partial charge on any atom is -0.500 e. The molecule has 7 rings (SSSR count). The molecule has 0 aliphatic heterocycles. The van der Waals surface area contributed by atoms with E-state index < -0.39 is 8.07 Å². The van der Waals surface area contributed by atoms with E-state index in [1.807, 2.05) is 30.5 Å². The van der Waals surface area contributed by atoms with Crippen LogP contribution in [0.5, 0.6) is 0 Å². The summed E-state index contributed by atoms with van der Waals surface area (Å²) in [7, 11) is -1.34. The molecule has 0 unspecified atom stereocenters. The number of nitrogens with zero attached hydrogens (tertiary/aromatic N) is 2. The first kappa shape index (κ1) is 34.9. The van der Waals surface area contributed by atoms with Crippen LogP contribution in [-0.4, -0.2) is 18.0 Å². The van der Waals surface area contributed by atoms with Crippen molar-refractivity contribution in [3.8, 4) is 22.5 Å². The second kappa shape index (κ2) is 15.2. The Balaban J connectivity index is 0.000000192. The maximum atomic E-state index is 6.29. The molecule has 1 aliphatic rings. The number of para-hydroxylation sites is 1. The van der Waals surface area contributed by atoms with E-state index in [0.29, 0.717) is 5.92 Å². The van der Waals surface area contributed by atoms with Gasteiger partial charge >= 0.3 is 0 Å². The summed E-state index contributed by atoms with van der Waals surface area (Å²) in [6, 6.07) is 31.7. The van der Waals surface area contributed by atoms with Crippen LogP contribution in [-0.2, 0) is 26.5 Å². The number of aromatic nitrogens is 2. The number of fused-ring (bicyclic) bond motifs is 3. The summed E-state index contributed by atoms with van der Waals surface area (Å²) in [6.07, 6.45) is 12.1. The molecule has 0 atom stereocenters. The number of hydrogen-bond acceptors (Lipinski definition) is 3. The number of benzene rings is 3. The molecule has 0 bridgehead atoms. The maximum Gasteiger partial charge on any atom is 0.123 e. The van der Waals surface area contributed by atoms with Crippen molar-refractivity contribution in [1.82, 2.24) is 9.97 Å². The zero-order chi connectivity index (χ0) is 32.3. The van der Waals surface area contributed by atoms with Crippen LogP contribution in [0.1, 0.15) is 68.6 Å². The third-order valence-corrected chi connectivity index (χ3v) is 11.4. The van der Waals surface area contributed by atoms with Gasteiger partial charge in [0.1, 0.15) is 5.58 Å². The third-order valence-electron chi connectivity index (χ3n) is 9.34. The quantitative estimate of drug-likeness (QED) is 0.124. The minimum atomic E-state index is -1.34. The molecule has 0 amide bonds. The second-order valence-corrected chi connectivity index (χ2v) is 19.3. The van der Waals surface area contributed by atoms with E-state index in [9.17, 15) is 0 Å². The molecule has 5 heteroatoms. The fourth-order valence-electron chi connectivity index (χ4n) is 6.83. The predicted molar refractivity (Wildman–Crippen MR) is 196 cm³/mol. The van der Waals surface area contributed by atoms with Gasteiger partial charge in [-0.25, -0.2) is 0 Å². The summed E-state index contributed by atoms with van der Waals surface area (Å²) in [4.78, 5) is 9.32. The van der Waals surface area contributed by atoms with Gasteiger partial charge in [0.05, 0.1) is 13.7 Å². The number of pyridine rings is 2. The first-order valence-electron chi connectivity index (χ1n) is 16.9. The zero-order valence-corrected chi connectivity index (χ0v) is 32.0. The van der Waals surface area contributed by atoms with Crippen LogP contribution in [0, 0.1) is 25.0 Å². The normalized spacial score (nSPS) is 13.8. The van der Waals surface area contributed by atoms with Gasteiger partial charge in [-0.2, -0.15) is 0 Å². The van der Waals surface area contributed by atoms with Crippen LogP contribution in [0.2, 0.25) is 19.6 Å². The molecule has 3 nitrogen and oxygen atoms in total. The molecule has 3 heterocycles. The van der Waals surface area contributed by atoms with Gasteiger partial charge in [0.15, 0.2) is 0 Å². The number of aryl methyl sites for hydroxylation is 1. The van der Waals surface area contributed by atoms with Gasteiger partial charge in [-0.15, -0.1) is 54.1 Å². The van der Waals surface area contributed by atoms with Crippen molar-refractivity contribution in [3.63, 3.8) is 0 Å². The van der Waals surface area contributed by atoms with Crippen molar-refractivity contribution in [2.24, 2.45) is 5.92 Å². The molecular formula is C42H46IrN2OSi-2. The molecule has 3 aromatic heterocycles. The number of hydrogen-bond donors (Lipinski definition) is 0. The summed E-state index contributed by atoms with van der Waals surface area (Å²) in [5.41, 5.74) is 9.88. The standard InChI is InChI=1S/C25H24NO.C17H22NSi.Ir/c1-17-7-5-10-20-21-11-6-12-22(25(21)27-24(17)20)23-16-19(13-14-26-23)15-18-8-3-2-4-9-18;1-13(2)15-11-16(14-9-7-6-8-10-14)18-12-17(15)19(3,4)5;/h5-7,10-11,13-14,16,18H,2-4,8-9,15H2,1H3;6-9,11-13H,1-5H3;/q2*-1;. The summed E-state index contributed by atoms with van der Waals surface area (Å²) < 4.78 is 6.29. The molecule has 1 fully saturated rings. The van der Waals surface area contributed by atoms with Crippen LogP contribution in [0.25, 0.3) is 44.5 Å².